The monoisotopic (exact) mass is 203 g/mol. The smallest absolute Gasteiger partial charge is 0.177 e. The Labute approximate surface area is 89.4 Å². The topological polar surface area (TPSA) is 47.4 Å². The van der Waals surface area contributed by atoms with Crippen molar-refractivity contribution in [3.63, 3.8) is 0 Å². The van der Waals surface area contributed by atoms with E-state index in [4.69, 9.17) is 11.3 Å². The fourth-order valence-corrected chi connectivity index (χ4v) is 1.15. The standard InChI is InChI=1S/C11H13N3O/c1-5-6-15-14-9(3)11-7-12-10(4)13-8(11)2/h1,7H,6H2,2-4H3/b14-9+. The zero-order chi connectivity index (χ0) is 11.3. The Hall–Kier alpha value is -1.89. The molecule has 0 fully saturated rings. The predicted molar refractivity (Wildman–Crippen MR) is 58.5 cm³/mol. The predicted octanol–water partition coefficient (Wildman–Crippen LogP) is 1.47. The molecule has 4 nitrogen and oxygen atoms in total. The lowest BCUT2D eigenvalue weighted by Crippen LogP contribution is -2.04. The van der Waals surface area contributed by atoms with E-state index in [1.54, 1.807) is 6.20 Å². The number of hydrogen-bond acceptors (Lipinski definition) is 4. The molecule has 0 radical (unpaired) electrons. The summed E-state index contributed by atoms with van der Waals surface area (Å²) in [7, 11) is 0. The van der Waals surface area contributed by atoms with E-state index in [0.717, 1.165) is 22.8 Å². The first-order chi connectivity index (χ1) is 7.15. The van der Waals surface area contributed by atoms with Gasteiger partial charge in [0.15, 0.2) is 6.61 Å². The van der Waals surface area contributed by atoms with Gasteiger partial charge >= 0.3 is 0 Å². The van der Waals surface area contributed by atoms with Crippen molar-refractivity contribution in [3.05, 3.63) is 23.3 Å². The largest absolute Gasteiger partial charge is 0.382 e. The van der Waals surface area contributed by atoms with Gasteiger partial charge in [0.1, 0.15) is 5.82 Å². The second-order valence-corrected chi connectivity index (χ2v) is 3.07. The molecule has 15 heavy (non-hydrogen) atoms. The molecule has 0 atom stereocenters. The molecule has 0 aromatic carbocycles. The number of rotatable bonds is 3. The Kier molecular flexibility index (Phi) is 3.81. The van der Waals surface area contributed by atoms with E-state index in [0.29, 0.717) is 0 Å². The molecular formula is C11H13N3O. The van der Waals surface area contributed by atoms with Crippen molar-refractivity contribution in [2.75, 3.05) is 6.61 Å². The summed E-state index contributed by atoms with van der Waals surface area (Å²) in [5, 5.41) is 3.87. The number of hydrogen-bond donors (Lipinski definition) is 0. The lowest BCUT2D eigenvalue weighted by Gasteiger charge is -2.03. The van der Waals surface area contributed by atoms with Gasteiger partial charge in [-0.3, -0.25) is 0 Å². The summed E-state index contributed by atoms with van der Waals surface area (Å²) < 4.78 is 0. The van der Waals surface area contributed by atoms with Crippen LogP contribution in [-0.2, 0) is 4.84 Å². The number of aromatic nitrogens is 2. The third-order valence-electron chi connectivity index (χ3n) is 1.84. The Bertz CT molecular complexity index is 418. The van der Waals surface area contributed by atoms with Crippen molar-refractivity contribution in [1.29, 1.82) is 0 Å². The van der Waals surface area contributed by atoms with E-state index >= 15 is 0 Å². The summed E-state index contributed by atoms with van der Waals surface area (Å²) in [6.45, 7) is 5.75. The summed E-state index contributed by atoms with van der Waals surface area (Å²) in [5.74, 6) is 3.08. The van der Waals surface area contributed by atoms with Gasteiger partial charge in [0.25, 0.3) is 0 Å². The van der Waals surface area contributed by atoms with Crippen LogP contribution >= 0.6 is 0 Å². The molecule has 0 saturated heterocycles. The van der Waals surface area contributed by atoms with Crippen molar-refractivity contribution in [2.45, 2.75) is 20.8 Å². The van der Waals surface area contributed by atoms with Gasteiger partial charge in [0, 0.05) is 11.8 Å². The average Bonchev–Trinajstić information content (AvgIpc) is 2.17. The van der Waals surface area contributed by atoms with Crippen LogP contribution in [0.15, 0.2) is 11.4 Å². The zero-order valence-electron chi connectivity index (χ0n) is 9.11. The normalized spacial score (nSPS) is 10.9. The summed E-state index contributed by atoms with van der Waals surface area (Å²) in [5.41, 5.74) is 2.48. The van der Waals surface area contributed by atoms with Gasteiger partial charge in [-0.2, -0.15) is 0 Å². The highest BCUT2D eigenvalue weighted by Gasteiger charge is 2.04. The van der Waals surface area contributed by atoms with Crippen LogP contribution in [0.25, 0.3) is 0 Å². The van der Waals surface area contributed by atoms with Crippen LogP contribution in [0.2, 0.25) is 0 Å². The first-order valence-electron chi connectivity index (χ1n) is 4.55. The van der Waals surface area contributed by atoms with Crippen molar-refractivity contribution in [3.8, 4) is 12.3 Å². The molecule has 0 aliphatic rings. The molecule has 0 aliphatic carbocycles. The van der Waals surface area contributed by atoms with Crippen LogP contribution in [0.5, 0.6) is 0 Å². The quantitative estimate of drug-likeness (QED) is 0.323. The second-order valence-electron chi connectivity index (χ2n) is 3.07. The first kappa shape index (κ1) is 11.2. The van der Waals surface area contributed by atoms with Crippen molar-refractivity contribution < 1.29 is 4.84 Å². The molecule has 0 spiro atoms. The van der Waals surface area contributed by atoms with Gasteiger partial charge in [-0.25, -0.2) is 9.97 Å². The van der Waals surface area contributed by atoms with Crippen LogP contribution in [0, 0.1) is 26.2 Å². The van der Waals surface area contributed by atoms with Crippen LogP contribution in [0.3, 0.4) is 0 Å². The molecule has 78 valence electrons. The van der Waals surface area contributed by atoms with E-state index in [1.807, 2.05) is 20.8 Å². The van der Waals surface area contributed by atoms with Crippen LogP contribution in [0.1, 0.15) is 24.0 Å². The van der Waals surface area contributed by atoms with Crippen molar-refractivity contribution in [1.82, 2.24) is 9.97 Å². The SMILES string of the molecule is C#CCO/N=C(\C)c1cnc(C)nc1C. The van der Waals surface area contributed by atoms with Crippen LogP contribution in [0.4, 0.5) is 0 Å². The molecule has 1 aromatic rings. The Balaban J connectivity index is 2.87. The minimum absolute atomic E-state index is 0.170. The maximum atomic E-state index is 5.03. The number of nitrogens with zero attached hydrogens (tertiary/aromatic N) is 3. The third kappa shape index (κ3) is 3.06. The van der Waals surface area contributed by atoms with E-state index in [1.165, 1.54) is 0 Å². The molecule has 0 saturated carbocycles. The molecule has 0 amide bonds. The maximum Gasteiger partial charge on any atom is 0.177 e. The minimum atomic E-state index is 0.170. The van der Waals surface area contributed by atoms with E-state index in [2.05, 4.69) is 21.0 Å². The summed E-state index contributed by atoms with van der Waals surface area (Å²) in [4.78, 5) is 13.2. The highest BCUT2D eigenvalue weighted by atomic mass is 16.6. The molecule has 1 heterocycles. The summed E-state index contributed by atoms with van der Waals surface area (Å²) >= 11 is 0. The molecule has 1 rings (SSSR count). The molecule has 1 aromatic heterocycles. The highest BCUT2D eigenvalue weighted by Crippen LogP contribution is 2.05. The van der Waals surface area contributed by atoms with Crippen molar-refractivity contribution in [2.24, 2.45) is 5.16 Å². The minimum Gasteiger partial charge on any atom is -0.382 e. The average molecular weight is 203 g/mol. The Morgan fingerprint density at radius 1 is 1.60 bits per heavy atom. The first-order valence-corrected chi connectivity index (χ1v) is 4.55. The van der Waals surface area contributed by atoms with Crippen LogP contribution in [-0.4, -0.2) is 22.3 Å². The van der Waals surface area contributed by atoms with Gasteiger partial charge in [-0.05, 0) is 20.8 Å². The maximum absolute atomic E-state index is 5.03. The fraction of sp³-hybridized carbons (Fsp3) is 0.364. The highest BCUT2D eigenvalue weighted by molar-refractivity contribution is 5.98. The molecule has 0 aliphatic heterocycles. The second kappa shape index (κ2) is 5.11. The van der Waals surface area contributed by atoms with Crippen molar-refractivity contribution >= 4 is 5.71 Å². The van der Waals surface area contributed by atoms with E-state index < -0.39 is 0 Å². The lowest BCUT2D eigenvalue weighted by molar-refractivity contribution is 0.180. The third-order valence-corrected chi connectivity index (χ3v) is 1.84. The molecular weight excluding hydrogens is 190 g/mol. The van der Waals surface area contributed by atoms with Gasteiger partial charge < -0.3 is 4.84 Å². The zero-order valence-corrected chi connectivity index (χ0v) is 9.11. The fourth-order valence-electron chi connectivity index (χ4n) is 1.15. The van der Waals surface area contributed by atoms with E-state index in [-0.39, 0.29) is 6.61 Å². The number of oxime groups is 1. The Morgan fingerprint density at radius 2 is 2.33 bits per heavy atom. The molecule has 0 bridgehead atoms. The van der Waals surface area contributed by atoms with Gasteiger partial charge in [-0.15, -0.1) is 6.42 Å². The lowest BCUT2D eigenvalue weighted by atomic mass is 10.2. The Morgan fingerprint density at radius 3 is 2.93 bits per heavy atom. The molecule has 4 heteroatoms. The van der Waals surface area contributed by atoms with Gasteiger partial charge in [0.2, 0.25) is 0 Å². The van der Waals surface area contributed by atoms with E-state index in [9.17, 15) is 0 Å². The number of aryl methyl sites for hydroxylation is 2. The summed E-state index contributed by atoms with van der Waals surface area (Å²) in [6.07, 6.45) is 6.77. The molecule has 0 N–H and O–H groups in total. The van der Waals surface area contributed by atoms with Gasteiger partial charge in [0.05, 0.1) is 11.4 Å². The number of terminal acetylenes is 1. The van der Waals surface area contributed by atoms with Crippen LogP contribution < -0.4 is 0 Å². The van der Waals surface area contributed by atoms with Gasteiger partial charge in [-0.1, -0.05) is 11.1 Å². The molecule has 0 unspecified atom stereocenters. The summed E-state index contributed by atoms with van der Waals surface area (Å²) in [6, 6.07) is 0.